The molecule has 1 unspecified atom stereocenters. The highest BCUT2D eigenvalue weighted by Gasteiger charge is 2.10. The Morgan fingerprint density at radius 1 is 1.32 bits per heavy atom. The van der Waals surface area contributed by atoms with Gasteiger partial charge in [0.1, 0.15) is 5.75 Å². The fourth-order valence-corrected chi connectivity index (χ4v) is 1.96. The summed E-state index contributed by atoms with van der Waals surface area (Å²) in [5, 5.41) is 9.21. The monoisotopic (exact) mass is 265 g/mol. The molecule has 0 fully saturated rings. The molecule has 0 aliphatic carbocycles. The molecule has 0 saturated carbocycles. The number of benzene rings is 1. The maximum absolute atomic E-state index is 11.7. The summed E-state index contributed by atoms with van der Waals surface area (Å²) in [5.41, 5.74) is 2.29. The summed E-state index contributed by atoms with van der Waals surface area (Å²) in [6, 6.07) is 5.99. The van der Waals surface area contributed by atoms with Crippen molar-refractivity contribution in [2.75, 3.05) is 20.2 Å². The predicted molar refractivity (Wildman–Crippen MR) is 75.3 cm³/mol. The number of carbonyl (C=O) groups is 1. The fraction of sp³-hybridized carbons (Fsp3) is 0.533. The first-order valence-corrected chi connectivity index (χ1v) is 6.51. The molecule has 19 heavy (non-hydrogen) atoms. The van der Waals surface area contributed by atoms with E-state index >= 15 is 0 Å². The van der Waals surface area contributed by atoms with Crippen LogP contribution in [0.1, 0.15) is 24.5 Å². The molecule has 1 aromatic rings. The van der Waals surface area contributed by atoms with Crippen LogP contribution in [-0.4, -0.2) is 42.2 Å². The van der Waals surface area contributed by atoms with Gasteiger partial charge in [-0.25, -0.2) is 0 Å². The second kappa shape index (κ2) is 7.14. The van der Waals surface area contributed by atoms with Crippen molar-refractivity contribution in [2.45, 2.75) is 33.3 Å². The maximum Gasteiger partial charge on any atom is 0.225 e. The van der Waals surface area contributed by atoms with Crippen LogP contribution >= 0.6 is 0 Å². The largest absolute Gasteiger partial charge is 0.493 e. The molecule has 0 spiro atoms. The molecule has 0 aromatic heterocycles. The Morgan fingerprint density at radius 3 is 2.42 bits per heavy atom. The summed E-state index contributed by atoms with van der Waals surface area (Å²) < 4.78 is 5.58. The van der Waals surface area contributed by atoms with Crippen molar-refractivity contribution in [3.05, 3.63) is 29.3 Å². The summed E-state index contributed by atoms with van der Waals surface area (Å²) in [7, 11) is 1.69. The molecule has 0 bridgehead atoms. The Labute approximate surface area is 115 Å². The topological polar surface area (TPSA) is 49.8 Å². The van der Waals surface area contributed by atoms with Crippen molar-refractivity contribution in [3.63, 3.8) is 0 Å². The van der Waals surface area contributed by atoms with Crippen LogP contribution in [0.4, 0.5) is 0 Å². The number of rotatable bonds is 6. The fourth-order valence-electron chi connectivity index (χ4n) is 1.96. The number of aliphatic hydroxyl groups excluding tert-OH is 1. The van der Waals surface area contributed by atoms with Crippen LogP contribution in [0, 0.1) is 13.8 Å². The summed E-state index contributed by atoms with van der Waals surface area (Å²) in [4.78, 5) is 13.3. The summed E-state index contributed by atoms with van der Waals surface area (Å²) >= 11 is 0. The lowest BCUT2D eigenvalue weighted by Gasteiger charge is -2.18. The van der Waals surface area contributed by atoms with Gasteiger partial charge < -0.3 is 14.7 Å². The smallest absolute Gasteiger partial charge is 0.225 e. The minimum Gasteiger partial charge on any atom is -0.493 e. The van der Waals surface area contributed by atoms with Crippen LogP contribution < -0.4 is 4.74 Å². The van der Waals surface area contributed by atoms with Gasteiger partial charge in [0.2, 0.25) is 5.91 Å². The van der Waals surface area contributed by atoms with Crippen LogP contribution in [-0.2, 0) is 4.79 Å². The van der Waals surface area contributed by atoms with Crippen molar-refractivity contribution >= 4 is 5.91 Å². The van der Waals surface area contributed by atoms with Gasteiger partial charge in [-0.05, 0) is 44.0 Å². The van der Waals surface area contributed by atoms with E-state index in [2.05, 4.69) is 6.07 Å². The molecule has 1 amide bonds. The van der Waals surface area contributed by atoms with Gasteiger partial charge in [0.05, 0.1) is 19.1 Å². The van der Waals surface area contributed by atoms with E-state index in [1.807, 2.05) is 26.0 Å². The number of likely N-dealkylation sites (N-methyl/N-ethyl adjacent to an activating group) is 1. The van der Waals surface area contributed by atoms with E-state index in [1.165, 1.54) is 4.90 Å². The molecule has 0 aliphatic rings. The minimum atomic E-state index is -0.505. The molecule has 1 atom stereocenters. The molecule has 0 saturated heterocycles. The number of amides is 1. The third kappa shape index (κ3) is 5.75. The van der Waals surface area contributed by atoms with Gasteiger partial charge in [0.25, 0.3) is 0 Å². The van der Waals surface area contributed by atoms with Crippen molar-refractivity contribution in [1.29, 1.82) is 0 Å². The molecule has 0 heterocycles. The average Bonchev–Trinajstić information content (AvgIpc) is 2.26. The van der Waals surface area contributed by atoms with Crippen LogP contribution in [0.25, 0.3) is 0 Å². The van der Waals surface area contributed by atoms with Crippen molar-refractivity contribution < 1.29 is 14.6 Å². The first-order valence-electron chi connectivity index (χ1n) is 6.51. The molecule has 0 aliphatic heterocycles. The number of ether oxygens (including phenoxy) is 1. The Morgan fingerprint density at radius 2 is 1.89 bits per heavy atom. The van der Waals surface area contributed by atoms with Crippen LogP contribution in [0.15, 0.2) is 18.2 Å². The Kier molecular flexibility index (Phi) is 5.83. The molecule has 106 valence electrons. The SMILES string of the molecule is Cc1cc(C)cc(OCCC(=O)N(C)CC(C)O)c1. The van der Waals surface area contributed by atoms with Gasteiger partial charge in [-0.15, -0.1) is 0 Å². The van der Waals surface area contributed by atoms with Crippen LogP contribution in [0.3, 0.4) is 0 Å². The van der Waals surface area contributed by atoms with E-state index in [0.717, 1.165) is 16.9 Å². The van der Waals surface area contributed by atoms with E-state index in [9.17, 15) is 9.90 Å². The third-order valence-electron chi connectivity index (χ3n) is 2.74. The molecule has 1 rings (SSSR count). The standard InChI is InChI=1S/C15H23NO3/c1-11-7-12(2)9-14(8-11)19-6-5-15(18)16(4)10-13(3)17/h7-9,13,17H,5-6,10H2,1-4H3. The molecule has 4 nitrogen and oxygen atoms in total. The summed E-state index contributed by atoms with van der Waals surface area (Å²) in [6.45, 7) is 6.40. The lowest BCUT2D eigenvalue weighted by molar-refractivity contribution is -0.131. The van der Waals surface area contributed by atoms with Crippen LogP contribution in [0.5, 0.6) is 5.75 Å². The number of aliphatic hydroxyl groups is 1. The normalized spacial score (nSPS) is 12.1. The van der Waals surface area contributed by atoms with E-state index in [4.69, 9.17) is 4.74 Å². The van der Waals surface area contributed by atoms with Crippen molar-refractivity contribution in [1.82, 2.24) is 4.90 Å². The minimum absolute atomic E-state index is 0.0229. The number of carbonyl (C=O) groups excluding carboxylic acids is 1. The molecular formula is C15H23NO3. The quantitative estimate of drug-likeness (QED) is 0.855. The number of hydrogen-bond acceptors (Lipinski definition) is 3. The number of hydrogen-bond donors (Lipinski definition) is 1. The van der Waals surface area contributed by atoms with Crippen LogP contribution in [0.2, 0.25) is 0 Å². The summed E-state index contributed by atoms with van der Waals surface area (Å²) in [6.07, 6.45) is -0.190. The Hall–Kier alpha value is -1.55. The third-order valence-corrected chi connectivity index (χ3v) is 2.74. The second-order valence-electron chi connectivity index (χ2n) is 5.05. The maximum atomic E-state index is 11.7. The summed E-state index contributed by atoms with van der Waals surface area (Å²) in [5.74, 6) is 0.772. The highest BCUT2D eigenvalue weighted by Crippen LogP contribution is 2.16. The first kappa shape index (κ1) is 15.5. The van der Waals surface area contributed by atoms with Gasteiger partial charge >= 0.3 is 0 Å². The van der Waals surface area contributed by atoms with Gasteiger partial charge in [0.15, 0.2) is 0 Å². The predicted octanol–water partition coefficient (Wildman–Crippen LogP) is 1.91. The zero-order chi connectivity index (χ0) is 14.4. The zero-order valence-electron chi connectivity index (χ0n) is 12.1. The second-order valence-corrected chi connectivity index (χ2v) is 5.05. The lowest BCUT2D eigenvalue weighted by atomic mass is 10.1. The highest BCUT2D eigenvalue weighted by molar-refractivity contribution is 5.76. The van der Waals surface area contributed by atoms with Gasteiger partial charge in [0, 0.05) is 13.6 Å². The van der Waals surface area contributed by atoms with E-state index in [-0.39, 0.29) is 5.91 Å². The van der Waals surface area contributed by atoms with Gasteiger partial charge in [-0.3, -0.25) is 4.79 Å². The number of nitrogens with zero attached hydrogens (tertiary/aromatic N) is 1. The van der Waals surface area contributed by atoms with E-state index in [0.29, 0.717) is 19.6 Å². The van der Waals surface area contributed by atoms with E-state index in [1.54, 1.807) is 14.0 Å². The van der Waals surface area contributed by atoms with Crippen molar-refractivity contribution in [2.24, 2.45) is 0 Å². The molecular weight excluding hydrogens is 242 g/mol. The first-order chi connectivity index (χ1) is 8.88. The molecule has 1 N–H and O–H groups in total. The average molecular weight is 265 g/mol. The van der Waals surface area contributed by atoms with E-state index < -0.39 is 6.10 Å². The molecule has 0 radical (unpaired) electrons. The molecule has 4 heteroatoms. The zero-order valence-corrected chi connectivity index (χ0v) is 12.1. The molecule has 1 aromatic carbocycles. The van der Waals surface area contributed by atoms with Crippen molar-refractivity contribution in [3.8, 4) is 5.75 Å². The number of aryl methyl sites for hydroxylation is 2. The lowest BCUT2D eigenvalue weighted by Crippen LogP contribution is -2.33. The Bertz CT molecular complexity index is 409. The Balaban J connectivity index is 2.39. The van der Waals surface area contributed by atoms with Gasteiger partial charge in [-0.2, -0.15) is 0 Å². The van der Waals surface area contributed by atoms with Gasteiger partial charge in [-0.1, -0.05) is 6.07 Å². The highest BCUT2D eigenvalue weighted by atomic mass is 16.5.